The maximum atomic E-state index is 12.1. The summed E-state index contributed by atoms with van der Waals surface area (Å²) in [6.07, 6.45) is 0. The van der Waals surface area contributed by atoms with Crippen LogP contribution in [0.3, 0.4) is 0 Å². The van der Waals surface area contributed by atoms with E-state index in [4.69, 9.17) is 9.26 Å². The molecule has 1 amide bonds. The minimum absolute atomic E-state index is 0.185. The van der Waals surface area contributed by atoms with Gasteiger partial charge >= 0.3 is 0 Å². The molecule has 0 aliphatic carbocycles. The second kappa shape index (κ2) is 8.83. The minimum Gasteiger partial charge on any atom is -0.383 e. The van der Waals surface area contributed by atoms with E-state index < -0.39 is 0 Å². The van der Waals surface area contributed by atoms with Crippen LogP contribution in [0.1, 0.15) is 11.3 Å². The van der Waals surface area contributed by atoms with E-state index in [2.05, 4.69) is 26.7 Å². The van der Waals surface area contributed by atoms with Crippen molar-refractivity contribution in [2.75, 3.05) is 24.8 Å². The number of aromatic nitrogens is 4. The number of hydrogen-bond donors (Lipinski definition) is 1. The molecule has 0 spiro atoms. The number of carbonyl (C=O) groups is 1. The monoisotopic (exact) mass is 387 g/mol. The van der Waals surface area contributed by atoms with Crippen LogP contribution >= 0.6 is 11.8 Å². The highest BCUT2D eigenvalue weighted by Gasteiger charge is 2.16. The predicted molar refractivity (Wildman–Crippen MR) is 103 cm³/mol. The molecule has 0 aliphatic heterocycles. The summed E-state index contributed by atoms with van der Waals surface area (Å²) < 4.78 is 12.1. The number of aryl methyl sites for hydroxylation is 2. The molecule has 0 saturated heterocycles. The van der Waals surface area contributed by atoms with Gasteiger partial charge in [0.2, 0.25) is 5.91 Å². The van der Waals surface area contributed by atoms with Gasteiger partial charge in [-0.1, -0.05) is 40.7 Å². The largest absolute Gasteiger partial charge is 0.383 e. The smallest absolute Gasteiger partial charge is 0.236 e. The Bertz CT molecular complexity index is 921. The van der Waals surface area contributed by atoms with Gasteiger partial charge in [0.25, 0.3) is 0 Å². The van der Waals surface area contributed by atoms with E-state index in [9.17, 15) is 4.79 Å². The van der Waals surface area contributed by atoms with Crippen LogP contribution in [0.4, 0.5) is 5.82 Å². The quantitative estimate of drug-likeness (QED) is 0.594. The zero-order chi connectivity index (χ0) is 19.2. The molecule has 0 atom stereocenters. The molecule has 0 bridgehead atoms. The fourth-order valence-electron chi connectivity index (χ4n) is 2.51. The second-order valence-electron chi connectivity index (χ2n) is 5.98. The molecule has 3 aromatic rings. The minimum atomic E-state index is -0.188. The molecular weight excluding hydrogens is 366 g/mol. The molecular formula is C18H21N5O3S. The standard InChI is InChI=1S/C18H21N5O3S/c1-12-5-4-6-14(9-12)17-20-21-18(23(17)7-8-25-3)27-11-16(24)19-15-10-13(2)26-22-15/h4-6,9-10H,7-8,11H2,1-3H3,(H,19,22,24). The summed E-state index contributed by atoms with van der Waals surface area (Å²) in [5.41, 5.74) is 2.12. The number of nitrogens with zero attached hydrogens (tertiary/aromatic N) is 4. The van der Waals surface area contributed by atoms with Gasteiger partial charge in [-0.2, -0.15) is 0 Å². The Morgan fingerprint density at radius 1 is 1.30 bits per heavy atom. The Hall–Kier alpha value is -2.65. The van der Waals surface area contributed by atoms with Gasteiger partial charge in [-0.15, -0.1) is 10.2 Å². The van der Waals surface area contributed by atoms with Gasteiger partial charge in [-0.05, 0) is 19.9 Å². The number of hydrogen-bond acceptors (Lipinski definition) is 7. The van der Waals surface area contributed by atoms with Crippen LogP contribution in [0, 0.1) is 13.8 Å². The van der Waals surface area contributed by atoms with Gasteiger partial charge in [0.15, 0.2) is 16.8 Å². The Balaban J connectivity index is 1.73. The SMILES string of the molecule is COCCn1c(SCC(=O)Nc2cc(C)on2)nnc1-c1cccc(C)c1. The van der Waals surface area contributed by atoms with Gasteiger partial charge in [0, 0.05) is 18.7 Å². The maximum Gasteiger partial charge on any atom is 0.236 e. The molecule has 1 N–H and O–H groups in total. The lowest BCUT2D eigenvalue weighted by molar-refractivity contribution is -0.113. The number of anilines is 1. The number of rotatable bonds is 8. The molecule has 0 fully saturated rings. The number of ether oxygens (including phenoxy) is 1. The van der Waals surface area contributed by atoms with Crippen LogP contribution in [-0.2, 0) is 16.1 Å². The van der Waals surface area contributed by atoms with Gasteiger partial charge in [0.1, 0.15) is 5.76 Å². The highest BCUT2D eigenvalue weighted by atomic mass is 32.2. The molecule has 8 nitrogen and oxygen atoms in total. The molecule has 9 heteroatoms. The van der Waals surface area contributed by atoms with Crippen LogP contribution in [0.2, 0.25) is 0 Å². The third-order valence-corrected chi connectivity index (χ3v) is 4.71. The number of amides is 1. The molecule has 27 heavy (non-hydrogen) atoms. The maximum absolute atomic E-state index is 12.1. The first-order valence-corrected chi connectivity index (χ1v) is 9.40. The van der Waals surface area contributed by atoms with Crippen molar-refractivity contribution in [3.8, 4) is 11.4 Å². The van der Waals surface area contributed by atoms with Gasteiger partial charge in [-0.3, -0.25) is 9.36 Å². The molecule has 2 aromatic heterocycles. The Labute approximate surface area is 161 Å². The normalized spacial score (nSPS) is 10.9. The second-order valence-corrected chi connectivity index (χ2v) is 6.92. The molecule has 2 heterocycles. The average molecular weight is 387 g/mol. The summed E-state index contributed by atoms with van der Waals surface area (Å²) in [6.45, 7) is 4.92. The lowest BCUT2D eigenvalue weighted by atomic mass is 10.1. The lowest BCUT2D eigenvalue weighted by Gasteiger charge is -2.10. The van der Waals surface area contributed by atoms with Crippen molar-refractivity contribution in [2.24, 2.45) is 0 Å². The number of carbonyl (C=O) groups excluding carboxylic acids is 1. The molecule has 142 valence electrons. The summed E-state index contributed by atoms with van der Waals surface area (Å²) in [5, 5.41) is 15.7. The average Bonchev–Trinajstić information content (AvgIpc) is 3.24. The Morgan fingerprint density at radius 2 is 2.15 bits per heavy atom. The molecule has 0 saturated carbocycles. The fourth-order valence-corrected chi connectivity index (χ4v) is 3.28. The summed E-state index contributed by atoms with van der Waals surface area (Å²) in [4.78, 5) is 12.1. The Morgan fingerprint density at radius 3 is 2.85 bits per heavy atom. The van der Waals surface area contributed by atoms with E-state index >= 15 is 0 Å². The van der Waals surface area contributed by atoms with E-state index in [0.717, 1.165) is 17.0 Å². The summed E-state index contributed by atoms with van der Waals surface area (Å²) in [5.74, 6) is 1.79. The zero-order valence-electron chi connectivity index (χ0n) is 15.4. The van der Waals surface area contributed by atoms with E-state index in [1.165, 1.54) is 11.8 Å². The van der Waals surface area contributed by atoms with Crippen molar-refractivity contribution >= 4 is 23.5 Å². The van der Waals surface area contributed by atoms with E-state index in [-0.39, 0.29) is 11.7 Å². The topological polar surface area (TPSA) is 95.1 Å². The Kier molecular flexibility index (Phi) is 6.25. The van der Waals surface area contributed by atoms with Crippen LogP contribution in [0.15, 0.2) is 40.0 Å². The molecule has 1 aromatic carbocycles. The van der Waals surface area contributed by atoms with Crippen LogP contribution in [0.25, 0.3) is 11.4 Å². The van der Waals surface area contributed by atoms with Crippen molar-refractivity contribution in [1.29, 1.82) is 0 Å². The fraction of sp³-hybridized carbons (Fsp3) is 0.333. The molecule has 3 rings (SSSR count). The lowest BCUT2D eigenvalue weighted by Crippen LogP contribution is -2.15. The molecule has 0 radical (unpaired) electrons. The first kappa shape index (κ1) is 19.1. The predicted octanol–water partition coefficient (Wildman–Crippen LogP) is 2.93. The number of methoxy groups -OCH3 is 1. The summed E-state index contributed by atoms with van der Waals surface area (Å²) in [7, 11) is 1.65. The highest BCUT2D eigenvalue weighted by molar-refractivity contribution is 7.99. The third-order valence-electron chi connectivity index (χ3n) is 3.74. The summed E-state index contributed by atoms with van der Waals surface area (Å²) in [6, 6.07) is 9.74. The number of benzene rings is 1. The number of thioether (sulfide) groups is 1. The molecule has 0 unspecified atom stereocenters. The third kappa shape index (κ3) is 4.95. The van der Waals surface area contributed by atoms with Crippen molar-refractivity contribution in [2.45, 2.75) is 25.5 Å². The first-order valence-electron chi connectivity index (χ1n) is 8.42. The molecule has 0 aliphatic rings. The van der Waals surface area contributed by atoms with Crippen molar-refractivity contribution in [3.05, 3.63) is 41.7 Å². The first-order chi connectivity index (χ1) is 13.1. The van der Waals surface area contributed by atoms with Gasteiger partial charge in [-0.25, -0.2) is 0 Å². The van der Waals surface area contributed by atoms with Gasteiger partial charge < -0.3 is 14.6 Å². The van der Waals surface area contributed by atoms with Crippen LogP contribution in [-0.4, -0.2) is 45.3 Å². The van der Waals surface area contributed by atoms with E-state index in [1.807, 2.05) is 29.7 Å². The van der Waals surface area contributed by atoms with E-state index in [1.54, 1.807) is 20.1 Å². The number of nitrogens with one attached hydrogen (secondary N) is 1. The van der Waals surface area contributed by atoms with Gasteiger partial charge in [0.05, 0.1) is 18.9 Å². The van der Waals surface area contributed by atoms with E-state index in [0.29, 0.717) is 29.9 Å². The highest BCUT2D eigenvalue weighted by Crippen LogP contribution is 2.24. The summed E-state index contributed by atoms with van der Waals surface area (Å²) >= 11 is 1.31. The van der Waals surface area contributed by atoms with Crippen LogP contribution in [0.5, 0.6) is 0 Å². The van der Waals surface area contributed by atoms with Crippen molar-refractivity contribution < 1.29 is 14.1 Å². The van der Waals surface area contributed by atoms with Crippen molar-refractivity contribution in [3.63, 3.8) is 0 Å². The zero-order valence-corrected chi connectivity index (χ0v) is 16.2. The van der Waals surface area contributed by atoms with Crippen molar-refractivity contribution in [1.82, 2.24) is 19.9 Å². The van der Waals surface area contributed by atoms with Crippen LogP contribution < -0.4 is 5.32 Å².